The number of rotatable bonds is 6. The maximum atomic E-state index is 5.88. The minimum Gasteiger partial charge on any atom is -0.374 e. The number of aromatic nitrogens is 2. The van der Waals surface area contributed by atoms with Crippen LogP contribution in [-0.2, 0) is 11.3 Å². The third kappa shape index (κ3) is 3.80. The molecule has 2 fully saturated rings. The first kappa shape index (κ1) is 14.9. The molecule has 0 spiro atoms. The molecule has 1 N–H and O–H groups in total. The maximum absolute atomic E-state index is 5.88. The van der Waals surface area contributed by atoms with Gasteiger partial charge in [0, 0.05) is 50.3 Å². The highest BCUT2D eigenvalue weighted by molar-refractivity contribution is 5.34. The Bertz CT molecular complexity index is 606. The Kier molecular flexibility index (Phi) is 4.41. The van der Waals surface area contributed by atoms with Crippen molar-refractivity contribution < 1.29 is 4.74 Å². The molecular formula is C18H24N4O. The summed E-state index contributed by atoms with van der Waals surface area (Å²) in [5.74, 6) is 0. The van der Waals surface area contributed by atoms with Gasteiger partial charge in [0.2, 0.25) is 0 Å². The molecule has 5 nitrogen and oxygen atoms in total. The second kappa shape index (κ2) is 6.83. The lowest BCUT2D eigenvalue weighted by molar-refractivity contribution is -0.0301. The molecule has 1 unspecified atom stereocenters. The molecule has 1 atom stereocenters. The van der Waals surface area contributed by atoms with E-state index < -0.39 is 0 Å². The average Bonchev–Trinajstić information content (AvgIpc) is 3.31. The molecule has 23 heavy (non-hydrogen) atoms. The van der Waals surface area contributed by atoms with E-state index in [1.807, 2.05) is 17.1 Å². The van der Waals surface area contributed by atoms with Crippen molar-refractivity contribution >= 4 is 0 Å². The fourth-order valence-electron chi connectivity index (χ4n) is 3.21. The normalized spacial score (nSPS) is 22.3. The summed E-state index contributed by atoms with van der Waals surface area (Å²) in [7, 11) is 0. The Morgan fingerprint density at radius 2 is 2.09 bits per heavy atom. The van der Waals surface area contributed by atoms with Gasteiger partial charge in [0.05, 0.1) is 19.0 Å². The first-order chi connectivity index (χ1) is 11.4. The number of benzene rings is 1. The molecule has 0 radical (unpaired) electrons. The van der Waals surface area contributed by atoms with Gasteiger partial charge in [-0.1, -0.05) is 12.1 Å². The summed E-state index contributed by atoms with van der Waals surface area (Å²) < 4.78 is 7.89. The first-order valence-electron chi connectivity index (χ1n) is 8.52. The van der Waals surface area contributed by atoms with Crippen LogP contribution in [0.15, 0.2) is 43.0 Å². The zero-order valence-corrected chi connectivity index (χ0v) is 13.4. The van der Waals surface area contributed by atoms with E-state index in [9.17, 15) is 0 Å². The van der Waals surface area contributed by atoms with Gasteiger partial charge in [-0.3, -0.25) is 4.90 Å². The molecule has 1 saturated heterocycles. The van der Waals surface area contributed by atoms with Gasteiger partial charge in [0.25, 0.3) is 0 Å². The van der Waals surface area contributed by atoms with Crippen LogP contribution in [0, 0.1) is 0 Å². The topological polar surface area (TPSA) is 42.3 Å². The van der Waals surface area contributed by atoms with E-state index in [1.165, 1.54) is 18.4 Å². The summed E-state index contributed by atoms with van der Waals surface area (Å²) >= 11 is 0. The maximum Gasteiger partial charge on any atom is 0.0991 e. The predicted octanol–water partition coefficient (Wildman–Crippen LogP) is 1.83. The molecule has 1 aromatic heterocycles. The molecule has 2 aliphatic rings. The van der Waals surface area contributed by atoms with Gasteiger partial charge in [0.15, 0.2) is 0 Å². The molecule has 122 valence electrons. The van der Waals surface area contributed by atoms with Crippen molar-refractivity contribution in [2.75, 3.05) is 26.2 Å². The van der Waals surface area contributed by atoms with Crippen LogP contribution in [-0.4, -0.2) is 52.8 Å². The minimum absolute atomic E-state index is 0.328. The third-order valence-electron chi connectivity index (χ3n) is 4.67. The van der Waals surface area contributed by atoms with Crippen molar-refractivity contribution in [2.45, 2.75) is 31.5 Å². The van der Waals surface area contributed by atoms with Gasteiger partial charge in [-0.25, -0.2) is 4.98 Å². The van der Waals surface area contributed by atoms with Crippen LogP contribution in [0.2, 0.25) is 0 Å². The lowest BCUT2D eigenvalue weighted by Crippen LogP contribution is -2.47. The van der Waals surface area contributed by atoms with E-state index in [-0.39, 0.29) is 0 Å². The highest BCUT2D eigenvalue weighted by Gasteiger charge is 2.32. The van der Waals surface area contributed by atoms with Crippen LogP contribution >= 0.6 is 0 Å². The van der Waals surface area contributed by atoms with Crippen LogP contribution in [0.25, 0.3) is 5.69 Å². The smallest absolute Gasteiger partial charge is 0.0991 e. The number of hydrogen-bond donors (Lipinski definition) is 1. The van der Waals surface area contributed by atoms with Gasteiger partial charge in [-0.2, -0.15) is 0 Å². The van der Waals surface area contributed by atoms with Crippen LogP contribution in [0.5, 0.6) is 0 Å². The largest absolute Gasteiger partial charge is 0.374 e. The van der Waals surface area contributed by atoms with Crippen molar-refractivity contribution in [3.8, 4) is 5.69 Å². The zero-order chi connectivity index (χ0) is 15.5. The molecule has 4 rings (SSSR count). The van der Waals surface area contributed by atoms with E-state index in [0.717, 1.165) is 44.5 Å². The lowest BCUT2D eigenvalue weighted by Gasteiger charge is -2.33. The summed E-state index contributed by atoms with van der Waals surface area (Å²) in [5, 5.41) is 3.53. The van der Waals surface area contributed by atoms with Gasteiger partial charge >= 0.3 is 0 Å². The molecule has 5 heteroatoms. The molecule has 2 heterocycles. The standard InChI is InChI=1S/C18H24N4O/c1-3-17(22-8-7-19-14-22)4-2-15(1)11-20-12-18-13-21(9-10-23-18)16-5-6-16/h1-4,7-8,14,16,18,20H,5-6,9-13H2. The Hall–Kier alpha value is -1.69. The lowest BCUT2D eigenvalue weighted by atomic mass is 10.2. The van der Waals surface area contributed by atoms with Gasteiger partial charge < -0.3 is 14.6 Å². The van der Waals surface area contributed by atoms with Crippen molar-refractivity contribution in [3.63, 3.8) is 0 Å². The van der Waals surface area contributed by atoms with E-state index >= 15 is 0 Å². The second-order valence-corrected chi connectivity index (χ2v) is 6.49. The quantitative estimate of drug-likeness (QED) is 0.883. The van der Waals surface area contributed by atoms with Crippen molar-refractivity contribution in [2.24, 2.45) is 0 Å². The van der Waals surface area contributed by atoms with E-state index in [2.05, 4.69) is 39.5 Å². The molecule has 0 amide bonds. The third-order valence-corrected chi connectivity index (χ3v) is 4.67. The second-order valence-electron chi connectivity index (χ2n) is 6.49. The molecule has 1 aliphatic carbocycles. The van der Waals surface area contributed by atoms with E-state index in [0.29, 0.717) is 6.10 Å². The van der Waals surface area contributed by atoms with Crippen LogP contribution in [0.3, 0.4) is 0 Å². The monoisotopic (exact) mass is 312 g/mol. The number of morpholine rings is 1. The van der Waals surface area contributed by atoms with Crippen molar-refractivity contribution in [1.29, 1.82) is 0 Å². The predicted molar refractivity (Wildman–Crippen MR) is 89.6 cm³/mol. The fraction of sp³-hybridized carbons (Fsp3) is 0.500. The highest BCUT2D eigenvalue weighted by Crippen LogP contribution is 2.28. The Morgan fingerprint density at radius 3 is 2.83 bits per heavy atom. The van der Waals surface area contributed by atoms with Crippen LogP contribution in [0.4, 0.5) is 0 Å². The summed E-state index contributed by atoms with van der Waals surface area (Å²) in [5.41, 5.74) is 2.44. The Morgan fingerprint density at radius 1 is 1.22 bits per heavy atom. The fourth-order valence-corrected chi connectivity index (χ4v) is 3.21. The number of nitrogens with one attached hydrogen (secondary N) is 1. The number of imidazole rings is 1. The van der Waals surface area contributed by atoms with Gasteiger partial charge in [-0.05, 0) is 30.5 Å². The number of nitrogens with zero attached hydrogens (tertiary/aromatic N) is 3. The van der Waals surface area contributed by atoms with E-state index in [4.69, 9.17) is 4.74 Å². The summed E-state index contributed by atoms with van der Waals surface area (Å²) in [6.07, 6.45) is 8.66. The number of hydrogen-bond acceptors (Lipinski definition) is 4. The van der Waals surface area contributed by atoms with Crippen LogP contribution in [0.1, 0.15) is 18.4 Å². The summed E-state index contributed by atoms with van der Waals surface area (Å²) in [6, 6.07) is 9.44. The van der Waals surface area contributed by atoms with Crippen molar-refractivity contribution in [1.82, 2.24) is 19.8 Å². The van der Waals surface area contributed by atoms with Crippen LogP contribution < -0.4 is 5.32 Å². The highest BCUT2D eigenvalue weighted by atomic mass is 16.5. The molecule has 1 aliphatic heterocycles. The SMILES string of the molecule is c1cn(-c2ccc(CNCC3CN(C4CC4)CCO3)cc2)cn1. The average molecular weight is 312 g/mol. The van der Waals surface area contributed by atoms with Gasteiger partial charge in [-0.15, -0.1) is 0 Å². The Labute approximate surface area is 137 Å². The first-order valence-corrected chi connectivity index (χ1v) is 8.52. The summed E-state index contributed by atoms with van der Waals surface area (Å²) in [6.45, 7) is 4.87. The minimum atomic E-state index is 0.328. The van der Waals surface area contributed by atoms with Gasteiger partial charge in [0.1, 0.15) is 0 Å². The molecule has 0 bridgehead atoms. The Balaban J connectivity index is 1.24. The zero-order valence-electron chi connectivity index (χ0n) is 13.4. The molecule has 1 aromatic carbocycles. The molecule has 2 aromatic rings. The number of ether oxygens (including phenoxy) is 1. The van der Waals surface area contributed by atoms with Crippen molar-refractivity contribution in [3.05, 3.63) is 48.5 Å². The van der Waals surface area contributed by atoms with E-state index in [1.54, 1.807) is 6.20 Å². The summed E-state index contributed by atoms with van der Waals surface area (Å²) in [4.78, 5) is 6.67. The molecule has 1 saturated carbocycles. The molecular weight excluding hydrogens is 288 g/mol.